The lowest BCUT2D eigenvalue weighted by atomic mass is 10.0. The zero-order valence-electron chi connectivity index (χ0n) is 15.9. The lowest BCUT2D eigenvalue weighted by Gasteiger charge is -2.20. The quantitative estimate of drug-likeness (QED) is 0.664. The molecular formula is C22H23N3O3. The topological polar surface area (TPSA) is 72.4 Å². The Labute approximate surface area is 164 Å². The number of hydrogen-bond donors (Lipinski definition) is 2. The van der Waals surface area contributed by atoms with E-state index in [2.05, 4.69) is 10.6 Å². The zero-order valence-corrected chi connectivity index (χ0v) is 15.9. The Morgan fingerprint density at radius 1 is 1.04 bits per heavy atom. The monoisotopic (exact) mass is 377 g/mol. The molecule has 1 aromatic heterocycles. The number of hydrogen-bond acceptors (Lipinski definition) is 3. The molecule has 0 radical (unpaired) electrons. The largest absolute Gasteiger partial charge is 0.495 e. The van der Waals surface area contributed by atoms with Crippen LogP contribution in [-0.4, -0.2) is 30.5 Å². The van der Waals surface area contributed by atoms with Crippen LogP contribution in [0, 0.1) is 0 Å². The maximum atomic E-state index is 13.1. The van der Waals surface area contributed by atoms with Crippen molar-refractivity contribution in [3.8, 4) is 5.75 Å². The van der Waals surface area contributed by atoms with Gasteiger partial charge in [-0.3, -0.25) is 9.59 Å². The summed E-state index contributed by atoms with van der Waals surface area (Å²) in [6, 6.07) is 18.1. The fourth-order valence-electron chi connectivity index (χ4n) is 3.03. The van der Waals surface area contributed by atoms with Gasteiger partial charge in [-0.15, -0.1) is 0 Å². The Kier molecular flexibility index (Phi) is 6.11. The number of methoxy groups -OCH3 is 1. The molecule has 1 unspecified atom stereocenters. The van der Waals surface area contributed by atoms with Gasteiger partial charge in [0.25, 0.3) is 5.91 Å². The second-order valence-corrected chi connectivity index (χ2v) is 6.32. The van der Waals surface area contributed by atoms with Crippen LogP contribution in [0.1, 0.15) is 22.0 Å². The predicted molar refractivity (Wildman–Crippen MR) is 109 cm³/mol. The molecule has 3 rings (SSSR count). The van der Waals surface area contributed by atoms with Crippen LogP contribution >= 0.6 is 0 Å². The van der Waals surface area contributed by atoms with Crippen molar-refractivity contribution in [3.05, 3.63) is 84.2 Å². The molecule has 1 heterocycles. The first-order valence-electron chi connectivity index (χ1n) is 8.99. The molecule has 0 bridgehead atoms. The Morgan fingerprint density at radius 2 is 1.75 bits per heavy atom. The maximum Gasteiger partial charge on any atom is 0.251 e. The molecule has 0 aliphatic heterocycles. The number of nitrogens with zero attached hydrogens (tertiary/aromatic N) is 1. The summed E-state index contributed by atoms with van der Waals surface area (Å²) in [5.41, 5.74) is 1.96. The summed E-state index contributed by atoms with van der Waals surface area (Å²) in [4.78, 5) is 25.1. The fraction of sp³-hybridized carbons (Fsp3) is 0.182. The van der Waals surface area contributed by atoms with Gasteiger partial charge in [-0.2, -0.15) is 0 Å². The smallest absolute Gasteiger partial charge is 0.251 e. The first-order valence-corrected chi connectivity index (χ1v) is 8.99. The SMILES string of the molecule is CNC(=O)c1ccc(OC)c(NC(=O)C(Cc2ccccc2)n2cccc2)c1. The number of rotatable bonds is 7. The van der Waals surface area contributed by atoms with Crippen LogP contribution < -0.4 is 15.4 Å². The number of ether oxygens (including phenoxy) is 1. The molecule has 0 spiro atoms. The molecule has 0 saturated heterocycles. The van der Waals surface area contributed by atoms with E-state index in [4.69, 9.17) is 4.74 Å². The van der Waals surface area contributed by atoms with Crippen LogP contribution in [0.15, 0.2) is 73.1 Å². The molecule has 0 aliphatic carbocycles. The van der Waals surface area contributed by atoms with E-state index in [9.17, 15) is 9.59 Å². The number of amides is 2. The van der Waals surface area contributed by atoms with Gasteiger partial charge in [0.15, 0.2) is 0 Å². The number of anilines is 1. The highest BCUT2D eigenvalue weighted by Crippen LogP contribution is 2.27. The summed E-state index contributed by atoms with van der Waals surface area (Å²) in [6.45, 7) is 0. The molecule has 1 atom stereocenters. The second-order valence-electron chi connectivity index (χ2n) is 6.32. The Balaban J connectivity index is 1.88. The first kappa shape index (κ1) is 19.2. The lowest BCUT2D eigenvalue weighted by Crippen LogP contribution is -2.27. The zero-order chi connectivity index (χ0) is 19.9. The van der Waals surface area contributed by atoms with E-state index in [1.54, 1.807) is 25.2 Å². The van der Waals surface area contributed by atoms with Crippen molar-refractivity contribution in [2.24, 2.45) is 0 Å². The molecule has 6 nitrogen and oxygen atoms in total. The van der Waals surface area contributed by atoms with Gasteiger partial charge < -0.3 is 19.9 Å². The summed E-state index contributed by atoms with van der Waals surface area (Å²) in [6.07, 6.45) is 4.27. The number of nitrogens with one attached hydrogen (secondary N) is 2. The summed E-state index contributed by atoms with van der Waals surface area (Å²) >= 11 is 0. The number of aromatic nitrogens is 1. The molecule has 144 valence electrons. The van der Waals surface area contributed by atoms with E-state index in [0.717, 1.165) is 5.56 Å². The highest BCUT2D eigenvalue weighted by Gasteiger charge is 2.22. The second kappa shape index (κ2) is 8.90. The van der Waals surface area contributed by atoms with Crippen LogP contribution in [0.25, 0.3) is 0 Å². The molecule has 0 fully saturated rings. The average molecular weight is 377 g/mol. The Morgan fingerprint density at radius 3 is 2.39 bits per heavy atom. The molecule has 2 aromatic carbocycles. The van der Waals surface area contributed by atoms with Crippen LogP contribution in [0.2, 0.25) is 0 Å². The van der Waals surface area contributed by atoms with Crippen LogP contribution in [-0.2, 0) is 11.2 Å². The van der Waals surface area contributed by atoms with E-state index < -0.39 is 6.04 Å². The van der Waals surface area contributed by atoms with Crippen LogP contribution in [0.4, 0.5) is 5.69 Å². The molecule has 2 N–H and O–H groups in total. The van der Waals surface area contributed by atoms with Gasteiger partial charge in [0, 0.05) is 31.4 Å². The lowest BCUT2D eigenvalue weighted by molar-refractivity contribution is -0.119. The van der Waals surface area contributed by atoms with E-state index in [-0.39, 0.29) is 11.8 Å². The number of carbonyl (C=O) groups excluding carboxylic acids is 2. The summed E-state index contributed by atoms with van der Waals surface area (Å²) < 4.78 is 7.22. The average Bonchev–Trinajstić information content (AvgIpc) is 3.26. The normalized spacial score (nSPS) is 11.5. The molecule has 3 aromatic rings. The van der Waals surface area contributed by atoms with Crippen LogP contribution in [0.5, 0.6) is 5.75 Å². The van der Waals surface area contributed by atoms with Gasteiger partial charge in [-0.05, 0) is 35.9 Å². The summed E-state index contributed by atoms with van der Waals surface area (Å²) in [7, 11) is 3.09. The third-order valence-corrected chi connectivity index (χ3v) is 4.51. The maximum absolute atomic E-state index is 13.1. The van der Waals surface area contributed by atoms with Crippen molar-refractivity contribution in [2.45, 2.75) is 12.5 Å². The van der Waals surface area contributed by atoms with Gasteiger partial charge in [0.1, 0.15) is 11.8 Å². The van der Waals surface area contributed by atoms with Crippen molar-refractivity contribution >= 4 is 17.5 Å². The fourth-order valence-corrected chi connectivity index (χ4v) is 3.03. The highest BCUT2D eigenvalue weighted by atomic mass is 16.5. The minimum Gasteiger partial charge on any atom is -0.495 e. The van der Waals surface area contributed by atoms with E-state index in [1.807, 2.05) is 59.4 Å². The van der Waals surface area contributed by atoms with Crippen molar-refractivity contribution in [1.29, 1.82) is 0 Å². The third-order valence-electron chi connectivity index (χ3n) is 4.51. The highest BCUT2D eigenvalue weighted by molar-refractivity contribution is 5.99. The van der Waals surface area contributed by atoms with Crippen molar-refractivity contribution in [2.75, 3.05) is 19.5 Å². The van der Waals surface area contributed by atoms with Gasteiger partial charge >= 0.3 is 0 Å². The Hall–Kier alpha value is -3.54. The molecule has 0 saturated carbocycles. The van der Waals surface area contributed by atoms with E-state index in [0.29, 0.717) is 23.4 Å². The minimum absolute atomic E-state index is 0.188. The van der Waals surface area contributed by atoms with Crippen molar-refractivity contribution in [3.63, 3.8) is 0 Å². The van der Waals surface area contributed by atoms with Crippen molar-refractivity contribution < 1.29 is 14.3 Å². The summed E-state index contributed by atoms with van der Waals surface area (Å²) in [5, 5.41) is 5.51. The first-order chi connectivity index (χ1) is 13.6. The minimum atomic E-state index is -0.439. The van der Waals surface area contributed by atoms with Crippen LogP contribution in [0.3, 0.4) is 0 Å². The van der Waals surface area contributed by atoms with Gasteiger partial charge in [-0.1, -0.05) is 30.3 Å². The summed E-state index contributed by atoms with van der Waals surface area (Å²) in [5.74, 6) is 0.0729. The molecule has 28 heavy (non-hydrogen) atoms. The van der Waals surface area contributed by atoms with Gasteiger partial charge in [0.2, 0.25) is 5.91 Å². The molecule has 0 aliphatic rings. The molecule has 2 amide bonds. The number of carbonyl (C=O) groups is 2. The third kappa shape index (κ3) is 4.40. The molecular weight excluding hydrogens is 354 g/mol. The van der Waals surface area contributed by atoms with Gasteiger partial charge in [0.05, 0.1) is 12.8 Å². The standard InChI is InChI=1S/C22H23N3O3/c1-23-21(26)17-10-11-20(28-2)18(15-17)24-22(27)19(25-12-6-7-13-25)14-16-8-4-3-5-9-16/h3-13,15,19H,14H2,1-2H3,(H,23,26)(H,24,27). The van der Waals surface area contributed by atoms with E-state index in [1.165, 1.54) is 7.11 Å². The Bertz CT molecular complexity index is 937. The van der Waals surface area contributed by atoms with Gasteiger partial charge in [-0.25, -0.2) is 0 Å². The van der Waals surface area contributed by atoms with Crippen molar-refractivity contribution in [1.82, 2.24) is 9.88 Å². The predicted octanol–water partition coefficient (Wildman–Crippen LogP) is 3.28. The number of benzene rings is 2. The molecule has 6 heteroatoms. The van der Waals surface area contributed by atoms with E-state index >= 15 is 0 Å².